The van der Waals surface area contributed by atoms with Crippen LogP contribution >= 0.6 is 12.4 Å². The molecule has 18 heavy (non-hydrogen) atoms. The molecule has 1 aromatic rings. The maximum Gasteiger partial charge on any atom is 0.307 e. The minimum Gasteiger partial charge on any atom is -0.466 e. The van der Waals surface area contributed by atoms with E-state index in [1.54, 1.807) is 19.1 Å². The highest BCUT2D eigenvalue weighted by molar-refractivity contribution is 5.85. The van der Waals surface area contributed by atoms with Gasteiger partial charge in [0.25, 0.3) is 0 Å². The highest BCUT2D eigenvalue weighted by Crippen LogP contribution is 2.34. The second-order valence-corrected chi connectivity index (χ2v) is 3.73. The Kier molecular flexibility index (Phi) is 5.25. The monoisotopic (exact) mass is 273 g/mol. The number of hydrogen-bond acceptors (Lipinski definition) is 5. The molecule has 1 heterocycles. The largest absolute Gasteiger partial charge is 0.466 e. The van der Waals surface area contributed by atoms with Gasteiger partial charge in [0, 0.05) is 6.04 Å². The summed E-state index contributed by atoms with van der Waals surface area (Å²) >= 11 is 0. The molecule has 2 N–H and O–H groups in total. The summed E-state index contributed by atoms with van der Waals surface area (Å²) in [5.74, 6) is 1.08. The summed E-state index contributed by atoms with van der Waals surface area (Å²) in [6.07, 6.45) is 0.160. The van der Waals surface area contributed by atoms with E-state index in [0.29, 0.717) is 18.1 Å². The number of benzene rings is 1. The second-order valence-electron chi connectivity index (χ2n) is 3.73. The molecule has 6 heteroatoms. The van der Waals surface area contributed by atoms with Gasteiger partial charge in [-0.1, -0.05) is 6.07 Å². The Bertz CT molecular complexity index is 425. The molecule has 1 aromatic carbocycles. The van der Waals surface area contributed by atoms with E-state index in [1.165, 1.54) is 0 Å². The lowest BCUT2D eigenvalue weighted by molar-refractivity contribution is -0.143. The van der Waals surface area contributed by atoms with Gasteiger partial charge in [-0.2, -0.15) is 0 Å². The van der Waals surface area contributed by atoms with Crippen LogP contribution in [-0.4, -0.2) is 19.4 Å². The van der Waals surface area contributed by atoms with Crippen molar-refractivity contribution in [2.45, 2.75) is 19.4 Å². The van der Waals surface area contributed by atoms with E-state index in [1.807, 2.05) is 6.07 Å². The Hall–Kier alpha value is -1.46. The van der Waals surface area contributed by atoms with Crippen molar-refractivity contribution in [2.75, 3.05) is 13.4 Å². The molecule has 1 atom stereocenters. The first-order valence-corrected chi connectivity index (χ1v) is 5.51. The molecule has 100 valence electrons. The van der Waals surface area contributed by atoms with Crippen molar-refractivity contribution in [1.29, 1.82) is 0 Å². The lowest BCUT2D eigenvalue weighted by Crippen LogP contribution is -2.17. The normalized spacial score (nSPS) is 13.7. The van der Waals surface area contributed by atoms with E-state index in [-0.39, 0.29) is 37.6 Å². The van der Waals surface area contributed by atoms with E-state index in [9.17, 15) is 4.79 Å². The number of esters is 1. The van der Waals surface area contributed by atoms with Crippen LogP contribution in [-0.2, 0) is 9.53 Å². The molecule has 0 amide bonds. The van der Waals surface area contributed by atoms with Crippen LogP contribution in [0.5, 0.6) is 11.5 Å². The van der Waals surface area contributed by atoms with Gasteiger partial charge in [-0.15, -0.1) is 12.4 Å². The zero-order valence-electron chi connectivity index (χ0n) is 10.0. The van der Waals surface area contributed by atoms with Crippen LogP contribution in [0, 0.1) is 0 Å². The van der Waals surface area contributed by atoms with Crippen LogP contribution < -0.4 is 15.2 Å². The van der Waals surface area contributed by atoms with E-state index >= 15 is 0 Å². The summed E-state index contributed by atoms with van der Waals surface area (Å²) in [6.45, 7) is 2.36. The Morgan fingerprint density at radius 3 is 2.89 bits per heavy atom. The molecule has 0 aromatic heterocycles. The lowest BCUT2D eigenvalue weighted by Gasteiger charge is -2.11. The standard InChI is InChI=1S/C12H15NO4.ClH/c1-2-15-12(14)6-9(13)8-3-4-10-11(5-8)17-7-16-10;/h3-5,9H,2,6-7,13H2,1H3;1H/t9-;/m1./s1. The predicted octanol–water partition coefficient (Wildman–Crippen LogP) is 1.79. The number of rotatable bonds is 4. The molecule has 0 bridgehead atoms. The van der Waals surface area contributed by atoms with Crippen molar-refractivity contribution in [3.05, 3.63) is 23.8 Å². The molecule has 0 unspecified atom stereocenters. The van der Waals surface area contributed by atoms with Gasteiger partial charge in [0.1, 0.15) is 0 Å². The van der Waals surface area contributed by atoms with Crippen molar-refractivity contribution >= 4 is 18.4 Å². The first kappa shape index (κ1) is 14.6. The maximum absolute atomic E-state index is 11.3. The Balaban J connectivity index is 0.00000162. The summed E-state index contributed by atoms with van der Waals surface area (Å²) in [5, 5.41) is 0. The molecular formula is C12H16ClNO4. The highest BCUT2D eigenvalue weighted by Gasteiger charge is 2.18. The molecular weight excluding hydrogens is 258 g/mol. The minimum absolute atomic E-state index is 0. The summed E-state index contributed by atoms with van der Waals surface area (Å²) in [7, 11) is 0. The van der Waals surface area contributed by atoms with Crippen LogP contribution in [0.2, 0.25) is 0 Å². The first-order chi connectivity index (χ1) is 8.20. The van der Waals surface area contributed by atoms with Gasteiger partial charge in [-0.25, -0.2) is 0 Å². The summed E-state index contributed by atoms with van der Waals surface area (Å²) in [6, 6.07) is 5.04. The number of nitrogens with two attached hydrogens (primary N) is 1. The summed E-state index contributed by atoms with van der Waals surface area (Å²) < 4.78 is 15.3. The van der Waals surface area contributed by atoms with Gasteiger partial charge < -0.3 is 19.9 Å². The predicted molar refractivity (Wildman–Crippen MR) is 68.0 cm³/mol. The molecule has 1 aliphatic rings. The molecule has 2 rings (SSSR count). The van der Waals surface area contributed by atoms with Crippen molar-refractivity contribution in [3.63, 3.8) is 0 Å². The number of fused-ring (bicyclic) bond motifs is 1. The molecule has 0 aliphatic carbocycles. The molecule has 0 spiro atoms. The van der Waals surface area contributed by atoms with Crippen LogP contribution in [0.4, 0.5) is 0 Å². The smallest absolute Gasteiger partial charge is 0.307 e. The number of hydrogen-bond donors (Lipinski definition) is 1. The van der Waals surface area contributed by atoms with Gasteiger partial charge in [-0.3, -0.25) is 4.79 Å². The second kappa shape index (κ2) is 6.47. The Morgan fingerprint density at radius 1 is 1.44 bits per heavy atom. The zero-order valence-corrected chi connectivity index (χ0v) is 10.9. The lowest BCUT2D eigenvalue weighted by atomic mass is 10.0. The molecule has 0 fully saturated rings. The van der Waals surface area contributed by atoms with E-state index in [0.717, 1.165) is 5.56 Å². The van der Waals surface area contributed by atoms with E-state index in [2.05, 4.69) is 0 Å². The fourth-order valence-electron chi connectivity index (χ4n) is 1.66. The molecule has 1 aliphatic heterocycles. The maximum atomic E-state index is 11.3. The van der Waals surface area contributed by atoms with Crippen LogP contribution in [0.25, 0.3) is 0 Å². The van der Waals surface area contributed by atoms with Gasteiger partial charge in [0.15, 0.2) is 11.5 Å². The van der Waals surface area contributed by atoms with Crippen LogP contribution in [0.1, 0.15) is 24.9 Å². The summed E-state index contributed by atoms with van der Waals surface area (Å²) in [4.78, 5) is 11.3. The number of carbonyl (C=O) groups excluding carboxylic acids is 1. The van der Waals surface area contributed by atoms with Gasteiger partial charge in [0.05, 0.1) is 13.0 Å². The quantitative estimate of drug-likeness (QED) is 0.847. The average Bonchev–Trinajstić information content (AvgIpc) is 2.75. The Morgan fingerprint density at radius 2 is 2.17 bits per heavy atom. The van der Waals surface area contributed by atoms with Crippen LogP contribution in [0.3, 0.4) is 0 Å². The van der Waals surface area contributed by atoms with E-state index < -0.39 is 0 Å². The SMILES string of the molecule is CCOC(=O)C[C@@H](N)c1ccc2c(c1)OCO2.Cl. The number of ether oxygens (including phenoxy) is 3. The van der Waals surface area contributed by atoms with Gasteiger partial charge >= 0.3 is 5.97 Å². The topological polar surface area (TPSA) is 70.8 Å². The fraction of sp³-hybridized carbons (Fsp3) is 0.417. The molecule has 0 saturated heterocycles. The van der Waals surface area contributed by atoms with Gasteiger partial charge in [0.2, 0.25) is 6.79 Å². The molecule has 5 nitrogen and oxygen atoms in total. The molecule has 0 saturated carbocycles. The van der Waals surface area contributed by atoms with E-state index in [4.69, 9.17) is 19.9 Å². The number of halogens is 1. The average molecular weight is 274 g/mol. The Labute approximate surface area is 112 Å². The first-order valence-electron chi connectivity index (χ1n) is 5.51. The van der Waals surface area contributed by atoms with Crippen molar-refractivity contribution in [3.8, 4) is 11.5 Å². The van der Waals surface area contributed by atoms with Crippen molar-refractivity contribution in [1.82, 2.24) is 0 Å². The molecule has 0 radical (unpaired) electrons. The number of carbonyl (C=O) groups is 1. The van der Waals surface area contributed by atoms with Crippen LogP contribution in [0.15, 0.2) is 18.2 Å². The fourth-order valence-corrected chi connectivity index (χ4v) is 1.66. The third kappa shape index (κ3) is 3.27. The highest BCUT2D eigenvalue weighted by atomic mass is 35.5. The summed E-state index contributed by atoms with van der Waals surface area (Å²) in [5.41, 5.74) is 6.76. The third-order valence-electron chi connectivity index (χ3n) is 2.52. The van der Waals surface area contributed by atoms with Gasteiger partial charge in [-0.05, 0) is 24.6 Å². The minimum atomic E-state index is -0.386. The zero-order chi connectivity index (χ0) is 12.3. The third-order valence-corrected chi connectivity index (χ3v) is 2.52. The van der Waals surface area contributed by atoms with Crippen molar-refractivity contribution < 1.29 is 19.0 Å². The van der Waals surface area contributed by atoms with Crippen molar-refractivity contribution in [2.24, 2.45) is 5.73 Å².